The van der Waals surface area contributed by atoms with Crippen molar-refractivity contribution in [2.45, 2.75) is 102 Å². The molecule has 0 bridgehead atoms. The first-order valence-electron chi connectivity index (χ1n) is 21.3. The first kappa shape index (κ1) is 43.0. The molecule has 1 saturated carbocycles. The van der Waals surface area contributed by atoms with Gasteiger partial charge in [-0.1, -0.05) is 23.7 Å². The summed E-state index contributed by atoms with van der Waals surface area (Å²) in [6.07, 6.45) is 9.37. The molecule has 2 aromatic carbocycles. The number of primary amides is 1. The third-order valence-electron chi connectivity index (χ3n) is 12.9. The predicted octanol–water partition coefficient (Wildman–Crippen LogP) is 4.72. The molecule has 4 aliphatic heterocycles. The van der Waals surface area contributed by atoms with Gasteiger partial charge in [0.15, 0.2) is 24.0 Å². The fourth-order valence-corrected chi connectivity index (χ4v) is 9.45. The van der Waals surface area contributed by atoms with Gasteiger partial charge in [0.25, 0.3) is 17.7 Å². The number of ether oxygens (including phenoxy) is 2. The average molecular weight is 867 g/mol. The molecule has 62 heavy (non-hydrogen) atoms. The maximum Gasteiger partial charge on any atom is 0.262 e. The number of ketones is 1. The molecule has 0 spiro atoms. The van der Waals surface area contributed by atoms with E-state index in [1.807, 2.05) is 38.1 Å². The third-order valence-corrected chi connectivity index (χ3v) is 13.1. The lowest BCUT2D eigenvalue weighted by Gasteiger charge is -2.47. The van der Waals surface area contributed by atoms with Gasteiger partial charge in [0.1, 0.15) is 11.1 Å². The molecule has 5 amide bonds. The highest BCUT2D eigenvalue weighted by molar-refractivity contribution is 6.33. The molecule has 1 unspecified atom stereocenters. The van der Waals surface area contributed by atoms with E-state index in [1.165, 1.54) is 6.92 Å². The van der Waals surface area contributed by atoms with Gasteiger partial charge >= 0.3 is 0 Å². The van der Waals surface area contributed by atoms with Gasteiger partial charge in [0, 0.05) is 38.2 Å². The monoisotopic (exact) mass is 866 g/mol. The summed E-state index contributed by atoms with van der Waals surface area (Å²) in [4.78, 5) is 89.5. The predicted molar refractivity (Wildman–Crippen MR) is 230 cm³/mol. The van der Waals surface area contributed by atoms with Crippen molar-refractivity contribution in [1.82, 2.24) is 25.1 Å². The quantitative estimate of drug-likeness (QED) is 0.121. The lowest BCUT2D eigenvalue weighted by atomic mass is 9.81. The number of hydrogen-bond acceptors (Lipinski definition) is 13. The van der Waals surface area contributed by atoms with Crippen LogP contribution in [0.5, 0.6) is 0 Å². The van der Waals surface area contributed by atoms with Crippen LogP contribution in [0.1, 0.15) is 107 Å². The molecule has 3 saturated heterocycles. The van der Waals surface area contributed by atoms with E-state index in [2.05, 4.69) is 25.4 Å². The zero-order valence-electron chi connectivity index (χ0n) is 35.1. The first-order valence-corrected chi connectivity index (χ1v) is 21.6. The number of likely N-dealkylation sites (tertiary alicyclic amines) is 1. The number of carbonyl (C=O) groups is 6. The number of nitrogens with one attached hydrogen (secondary N) is 2. The van der Waals surface area contributed by atoms with Crippen molar-refractivity contribution < 1.29 is 38.2 Å². The molecule has 17 heteroatoms. The largest absolute Gasteiger partial charge is 0.480 e. The van der Waals surface area contributed by atoms with E-state index in [9.17, 15) is 28.8 Å². The number of Topliss-reactive ketones (excluding diaryl/α,β-unsaturated/α-hetero) is 1. The highest BCUT2D eigenvalue weighted by Crippen LogP contribution is 2.40. The minimum Gasteiger partial charge on any atom is -0.480 e. The summed E-state index contributed by atoms with van der Waals surface area (Å²) in [6.45, 7) is 8.13. The van der Waals surface area contributed by atoms with Gasteiger partial charge < -0.3 is 30.3 Å². The standard InChI is InChI=1S/C45H51ClN8O8/c1-24-4-5-29(18-28(24)19-37(26(3)55)61-23-38(47)56)49-41-35(46)22-48-45(51-41)53-16-12-31(13-17-53)62-32-20-30(21-32)52-14-10-27(11-15-52)33-6-7-34-40(25(33)2)44(60)54(43(34)59)36-8-9-39(57)50-42(36)58/h4-7,18-19,22,27,30-32,36H,8-17,20-21,23H2,1-3H3,(H2,47,56)(H,48,49,51)(H,50,57,58)/b37-19+. The minimum atomic E-state index is -0.975. The molecule has 1 aliphatic carbocycles. The molecular formula is C45H51ClN8O8. The van der Waals surface area contributed by atoms with Crippen molar-refractivity contribution in [3.63, 3.8) is 0 Å². The second-order valence-corrected chi connectivity index (χ2v) is 17.3. The zero-order valence-corrected chi connectivity index (χ0v) is 35.8. The topological polar surface area (TPSA) is 206 Å². The van der Waals surface area contributed by atoms with Crippen molar-refractivity contribution in [3.8, 4) is 0 Å². The van der Waals surface area contributed by atoms with Gasteiger partial charge in [-0.3, -0.25) is 39.0 Å². The fourth-order valence-electron chi connectivity index (χ4n) is 9.31. The summed E-state index contributed by atoms with van der Waals surface area (Å²) in [7, 11) is 0. The van der Waals surface area contributed by atoms with Crippen LogP contribution >= 0.6 is 11.6 Å². The Kier molecular flexibility index (Phi) is 12.4. The molecule has 5 aliphatic rings. The van der Waals surface area contributed by atoms with Crippen LogP contribution in [0.2, 0.25) is 5.02 Å². The maximum absolute atomic E-state index is 13.6. The Labute approximate surface area is 364 Å². The summed E-state index contributed by atoms with van der Waals surface area (Å²) in [6, 6.07) is 8.82. The lowest BCUT2D eigenvalue weighted by Crippen LogP contribution is -2.54. The molecule has 4 fully saturated rings. The van der Waals surface area contributed by atoms with Gasteiger partial charge in [-0.15, -0.1) is 0 Å². The number of rotatable bonds is 13. The number of hydrogen-bond donors (Lipinski definition) is 3. The number of fused-ring (bicyclic) bond motifs is 1. The molecule has 4 N–H and O–H groups in total. The Morgan fingerprint density at radius 3 is 2.40 bits per heavy atom. The summed E-state index contributed by atoms with van der Waals surface area (Å²) >= 11 is 6.54. The summed E-state index contributed by atoms with van der Waals surface area (Å²) in [5.74, 6) is -1.62. The Bertz CT molecular complexity index is 2350. The number of imide groups is 2. The number of nitrogens with zero attached hydrogens (tertiary/aromatic N) is 5. The Balaban J connectivity index is 0.798. The van der Waals surface area contributed by atoms with Gasteiger partial charge in [-0.05, 0) is 124 Å². The van der Waals surface area contributed by atoms with Crippen LogP contribution in [0.25, 0.3) is 6.08 Å². The number of allylic oxidation sites excluding steroid dienone is 1. The number of nitrogens with two attached hydrogens (primary N) is 1. The second kappa shape index (κ2) is 17.9. The number of aromatic nitrogens is 2. The van der Waals surface area contributed by atoms with E-state index < -0.39 is 42.2 Å². The molecule has 16 nitrogen and oxygen atoms in total. The third kappa shape index (κ3) is 8.94. The van der Waals surface area contributed by atoms with E-state index in [1.54, 1.807) is 18.3 Å². The number of halogens is 1. The van der Waals surface area contributed by atoms with Crippen LogP contribution in [0.3, 0.4) is 0 Å². The molecule has 8 rings (SSSR count). The average Bonchev–Trinajstić information content (AvgIpc) is 3.48. The van der Waals surface area contributed by atoms with E-state index in [4.69, 9.17) is 31.8 Å². The van der Waals surface area contributed by atoms with Crippen molar-refractivity contribution >= 4 is 70.4 Å². The van der Waals surface area contributed by atoms with Crippen LogP contribution in [-0.4, -0.2) is 112 Å². The number of anilines is 3. The van der Waals surface area contributed by atoms with Crippen molar-refractivity contribution in [2.75, 3.05) is 43.0 Å². The molecule has 326 valence electrons. The van der Waals surface area contributed by atoms with Crippen LogP contribution in [0.4, 0.5) is 17.5 Å². The molecular weight excluding hydrogens is 816 g/mol. The van der Waals surface area contributed by atoms with Crippen LogP contribution in [0.15, 0.2) is 42.3 Å². The van der Waals surface area contributed by atoms with Gasteiger partial charge in [0.05, 0.1) is 29.5 Å². The Morgan fingerprint density at radius 1 is 0.968 bits per heavy atom. The van der Waals surface area contributed by atoms with E-state index >= 15 is 0 Å². The maximum atomic E-state index is 13.6. The van der Waals surface area contributed by atoms with Crippen molar-refractivity contribution in [3.05, 3.63) is 80.7 Å². The van der Waals surface area contributed by atoms with Gasteiger partial charge in [-0.2, -0.15) is 4.98 Å². The summed E-state index contributed by atoms with van der Waals surface area (Å²) < 4.78 is 11.9. The number of benzene rings is 2. The van der Waals surface area contributed by atoms with E-state index in [0.717, 1.165) is 86.3 Å². The Morgan fingerprint density at radius 2 is 1.71 bits per heavy atom. The van der Waals surface area contributed by atoms with Crippen molar-refractivity contribution in [1.29, 1.82) is 0 Å². The molecule has 1 atom stereocenters. The van der Waals surface area contributed by atoms with E-state index in [-0.39, 0.29) is 42.5 Å². The minimum absolute atomic E-state index is 0.0291. The molecule has 1 aromatic heterocycles. The lowest BCUT2D eigenvalue weighted by molar-refractivity contribution is -0.136. The van der Waals surface area contributed by atoms with E-state index in [0.29, 0.717) is 45.2 Å². The van der Waals surface area contributed by atoms with Gasteiger partial charge in [0.2, 0.25) is 17.8 Å². The summed E-state index contributed by atoms with van der Waals surface area (Å²) in [5.41, 5.74) is 10.1. The summed E-state index contributed by atoms with van der Waals surface area (Å²) in [5, 5.41) is 5.90. The second-order valence-electron chi connectivity index (χ2n) is 16.9. The number of piperidine rings is 3. The smallest absolute Gasteiger partial charge is 0.262 e. The van der Waals surface area contributed by atoms with Crippen LogP contribution < -0.4 is 21.3 Å². The first-order chi connectivity index (χ1) is 29.7. The van der Waals surface area contributed by atoms with Gasteiger partial charge in [-0.25, -0.2) is 4.98 Å². The molecule has 0 radical (unpaired) electrons. The normalized spacial score (nSPS) is 22.6. The number of aryl methyl sites for hydroxylation is 1. The number of amides is 5. The number of carbonyl (C=O) groups excluding carboxylic acids is 6. The zero-order chi connectivity index (χ0) is 43.8. The molecule has 5 heterocycles. The van der Waals surface area contributed by atoms with Crippen molar-refractivity contribution in [2.24, 2.45) is 5.73 Å². The van der Waals surface area contributed by atoms with Crippen LogP contribution in [0, 0.1) is 13.8 Å². The fraction of sp³-hybridized carbons (Fsp3) is 0.467. The highest BCUT2D eigenvalue weighted by Gasteiger charge is 2.46. The highest BCUT2D eigenvalue weighted by atomic mass is 35.5. The van der Waals surface area contributed by atoms with Crippen LogP contribution in [-0.2, 0) is 28.7 Å². The Hall–Kier alpha value is -5.71. The SMILES string of the molecule is CC(=O)/C(=C\c1cc(Nc2nc(N3CCC(OC4CC(N5CCC(c6ccc7c(c6C)C(=O)N(C6CCC(=O)NC6=O)C7=O)CC5)C4)CC3)ncc2Cl)ccc1C)OCC(N)=O. The molecule has 3 aromatic rings.